The van der Waals surface area contributed by atoms with Gasteiger partial charge in [-0.2, -0.15) is 0 Å². The molecule has 1 rings (SSSR count). The van der Waals surface area contributed by atoms with Crippen molar-refractivity contribution < 1.29 is 14.6 Å². The largest absolute Gasteiger partial charge is 0.483 e. The van der Waals surface area contributed by atoms with Crippen LogP contribution in [0.15, 0.2) is 18.2 Å². The Balaban J connectivity index is 2.51. The Hall–Kier alpha value is -1.55. The Bertz CT molecular complexity index is 411. The molecule has 2 N–H and O–H groups in total. The molecule has 0 aliphatic rings. The highest BCUT2D eigenvalue weighted by molar-refractivity contribution is 5.77. The SMILES string of the molecule is Cc1cccc(C)c1OCC(=O)NC(C)C(C)CO. The van der Waals surface area contributed by atoms with Crippen LogP contribution in [0.1, 0.15) is 25.0 Å². The number of rotatable bonds is 6. The number of para-hydroxylation sites is 1. The first kappa shape index (κ1) is 15.5. The number of aliphatic hydroxyl groups is 1. The molecule has 1 aromatic rings. The van der Waals surface area contributed by atoms with Crippen LogP contribution < -0.4 is 10.1 Å². The fourth-order valence-electron chi connectivity index (χ4n) is 1.76. The summed E-state index contributed by atoms with van der Waals surface area (Å²) < 4.78 is 5.57. The van der Waals surface area contributed by atoms with E-state index in [1.54, 1.807) is 0 Å². The Morgan fingerprint density at radius 1 is 1.32 bits per heavy atom. The summed E-state index contributed by atoms with van der Waals surface area (Å²) in [5, 5.41) is 11.8. The van der Waals surface area contributed by atoms with E-state index in [-0.39, 0.29) is 31.1 Å². The number of carbonyl (C=O) groups is 1. The first-order chi connectivity index (χ1) is 8.95. The zero-order valence-corrected chi connectivity index (χ0v) is 12.1. The molecule has 0 aliphatic heterocycles. The van der Waals surface area contributed by atoms with Gasteiger partial charge in [0.15, 0.2) is 6.61 Å². The van der Waals surface area contributed by atoms with Crippen LogP contribution in [0.2, 0.25) is 0 Å². The molecule has 0 aliphatic carbocycles. The molecule has 0 aromatic heterocycles. The summed E-state index contributed by atoms with van der Waals surface area (Å²) in [5.74, 6) is 0.625. The fraction of sp³-hybridized carbons (Fsp3) is 0.533. The number of aliphatic hydroxyl groups excluding tert-OH is 1. The molecule has 106 valence electrons. The van der Waals surface area contributed by atoms with E-state index in [1.807, 2.05) is 45.9 Å². The van der Waals surface area contributed by atoms with Crippen molar-refractivity contribution in [1.82, 2.24) is 5.32 Å². The third kappa shape index (κ3) is 4.56. The molecule has 19 heavy (non-hydrogen) atoms. The van der Waals surface area contributed by atoms with Crippen molar-refractivity contribution in [1.29, 1.82) is 0 Å². The first-order valence-corrected chi connectivity index (χ1v) is 6.55. The lowest BCUT2D eigenvalue weighted by Crippen LogP contribution is -2.40. The molecule has 0 saturated heterocycles. The third-order valence-corrected chi connectivity index (χ3v) is 3.29. The highest BCUT2D eigenvalue weighted by Crippen LogP contribution is 2.22. The molecule has 4 heteroatoms. The molecular formula is C15H23NO3. The molecule has 2 unspecified atom stereocenters. The number of hydrogen-bond donors (Lipinski definition) is 2. The van der Waals surface area contributed by atoms with Gasteiger partial charge in [0.1, 0.15) is 5.75 Å². The fourth-order valence-corrected chi connectivity index (χ4v) is 1.76. The molecule has 1 amide bonds. The van der Waals surface area contributed by atoms with Gasteiger partial charge < -0.3 is 15.2 Å². The lowest BCUT2D eigenvalue weighted by atomic mass is 10.1. The van der Waals surface area contributed by atoms with Gasteiger partial charge in [0.2, 0.25) is 0 Å². The van der Waals surface area contributed by atoms with Crippen LogP contribution in [-0.4, -0.2) is 30.3 Å². The minimum absolute atomic E-state index is 0.00577. The summed E-state index contributed by atoms with van der Waals surface area (Å²) in [6, 6.07) is 5.80. The molecule has 0 radical (unpaired) electrons. The summed E-state index contributed by atoms with van der Waals surface area (Å²) >= 11 is 0. The minimum atomic E-state index is -0.171. The molecule has 0 spiro atoms. The maximum atomic E-state index is 11.8. The maximum Gasteiger partial charge on any atom is 0.258 e. The van der Waals surface area contributed by atoms with E-state index in [4.69, 9.17) is 9.84 Å². The summed E-state index contributed by atoms with van der Waals surface area (Å²) in [5.41, 5.74) is 2.04. The number of hydrogen-bond acceptors (Lipinski definition) is 3. The summed E-state index contributed by atoms with van der Waals surface area (Å²) in [6.07, 6.45) is 0. The Kier molecular flexibility index (Phi) is 5.83. The Morgan fingerprint density at radius 3 is 2.42 bits per heavy atom. The third-order valence-electron chi connectivity index (χ3n) is 3.29. The van der Waals surface area contributed by atoms with E-state index < -0.39 is 0 Å². The van der Waals surface area contributed by atoms with Gasteiger partial charge in [0.05, 0.1) is 0 Å². The van der Waals surface area contributed by atoms with Crippen molar-refractivity contribution in [2.75, 3.05) is 13.2 Å². The topological polar surface area (TPSA) is 58.6 Å². The van der Waals surface area contributed by atoms with Crippen molar-refractivity contribution in [2.24, 2.45) is 5.92 Å². The Labute approximate surface area is 114 Å². The lowest BCUT2D eigenvalue weighted by Gasteiger charge is -2.19. The molecule has 0 bridgehead atoms. The second-order valence-corrected chi connectivity index (χ2v) is 5.03. The summed E-state index contributed by atoms with van der Waals surface area (Å²) in [4.78, 5) is 11.8. The van der Waals surface area contributed by atoms with E-state index >= 15 is 0 Å². The number of amides is 1. The average Bonchev–Trinajstić information content (AvgIpc) is 2.37. The van der Waals surface area contributed by atoms with Gasteiger partial charge >= 0.3 is 0 Å². The number of benzene rings is 1. The molecule has 0 fully saturated rings. The quantitative estimate of drug-likeness (QED) is 0.825. The summed E-state index contributed by atoms with van der Waals surface area (Å²) in [7, 11) is 0. The van der Waals surface area contributed by atoms with Crippen LogP contribution in [0.25, 0.3) is 0 Å². The molecule has 0 heterocycles. The standard InChI is InChI=1S/C15H23NO3/c1-10-6-5-7-11(2)15(10)19-9-14(18)16-13(4)12(3)8-17/h5-7,12-13,17H,8-9H2,1-4H3,(H,16,18). The van der Waals surface area contributed by atoms with Crippen molar-refractivity contribution >= 4 is 5.91 Å². The molecule has 2 atom stereocenters. The van der Waals surface area contributed by atoms with Crippen LogP contribution in [0.3, 0.4) is 0 Å². The van der Waals surface area contributed by atoms with E-state index in [9.17, 15) is 4.79 Å². The van der Waals surface area contributed by atoms with Crippen molar-refractivity contribution in [3.05, 3.63) is 29.3 Å². The lowest BCUT2D eigenvalue weighted by molar-refractivity contribution is -0.124. The van der Waals surface area contributed by atoms with Crippen LogP contribution >= 0.6 is 0 Å². The van der Waals surface area contributed by atoms with Gasteiger partial charge in [0, 0.05) is 12.6 Å². The second kappa shape index (κ2) is 7.14. The number of aryl methyl sites for hydroxylation is 2. The molecule has 0 saturated carbocycles. The second-order valence-electron chi connectivity index (χ2n) is 5.03. The zero-order valence-electron chi connectivity index (χ0n) is 12.1. The normalized spacial score (nSPS) is 13.7. The van der Waals surface area contributed by atoms with E-state index in [0.29, 0.717) is 0 Å². The van der Waals surface area contributed by atoms with Crippen LogP contribution in [0.5, 0.6) is 5.75 Å². The Morgan fingerprint density at radius 2 is 1.89 bits per heavy atom. The summed E-state index contributed by atoms with van der Waals surface area (Å²) in [6.45, 7) is 7.72. The van der Waals surface area contributed by atoms with Gasteiger partial charge in [-0.15, -0.1) is 0 Å². The number of ether oxygens (including phenoxy) is 1. The van der Waals surface area contributed by atoms with E-state index in [1.165, 1.54) is 0 Å². The highest BCUT2D eigenvalue weighted by Gasteiger charge is 2.14. The van der Waals surface area contributed by atoms with Crippen LogP contribution in [-0.2, 0) is 4.79 Å². The number of nitrogens with one attached hydrogen (secondary N) is 1. The maximum absolute atomic E-state index is 11.8. The van der Waals surface area contributed by atoms with Gasteiger partial charge in [-0.25, -0.2) is 0 Å². The predicted octanol–water partition coefficient (Wildman–Crippen LogP) is 1.82. The van der Waals surface area contributed by atoms with Gasteiger partial charge in [-0.3, -0.25) is 4.79 Å². The molecule has 1 aromatic carbocycles. The van der Waals surface area contributed by atoms with E-state index in [2.05, 4.69) is 5.32 Å². The van der Waals surface area contributed by atoms with Crippen molar-refractivity contribution in [2.45, 2.75) is 33.7 Å². The van der Waals surface area contributed by atoms with Crippen molar-refractivity contribution in [3.8, 4) is 5.75 Å². The number of carbonyl (C=O) groups excluding carboxylic acids is 1. The highest BCUT2D eigenvalue weighted by atomic mass is 16.5. The molecule has 4 nitrogen and oxygen atoms in total. The van der Waals surface area contributed by atoms with Gasteiger partial charge in [-0.1, -0.05) is 25.1 Å². The smallest absolute Gasteiger partial charge is 0.258 e. The molecular weight excluding hydrogens is 242 g/mol. The zero-order chi connectivity index (χ0) is 14.4. The first-order valence-electron chi connectivity index (χ1n) is 6.55. The van der Waals surface area contributed by atoms with Gasteiger partial charge in [-0.05, 0) is 37.8 Å². The van der Waals surface area contributed by atoms with Crippen LogP contribution in [0.4, 0.5) is 0 Å². The monoisotopic (exact) mass is 265 g/mol. The van der Waals surface area contributed by atoms with Crippen LogP contribution in [0, 0.1) is 19.8 Å². The average molecular weight is 265 g/mol. The predicted molar refractivity (Wildman–Crippen MR) is 75.3 cm³/mol. The minimum Gasteiger partial charge on any atom is -0.483 e. The van der Waals surface area contributed by atoms with E-state index in [0.717, 1.165) is 16.9 Å². The van der Waals surface area contributed by atoms with Gasteiger partial charge in [0.25, 0.3) is 5.91 Å². The van der Waals surface area contributed by atoms with Crippen molar-refractivity contribution in [3.63, 3.8) is 0 Å².